The van der Waals surface area contributed by atoms with Gasteiger partial charge in [0, 0.05) is 12.6 Å². The van der Waals surface area contributed by atoms with E-state index in [0.717, 1.165) is 6.42 Å². The first-order valence-electron chi connectivity index (χ1n) is 6.76. The molecule has 1 N–H and O–H groups in total. The summed E-state index contributed by atoms with van der Waals surface area (Å²) >= 11 is 0. The van der Waals surface area contributed by atoms with Crippen LogP contribution in [0.1, 0.15) is 53.9 Å². The molecule has 19 heavy (non-hydrogen) atoms. The molecule has 0 aromatic rings. The molecule has 0 radical (unpaired) electrons. The molecule has 1 fully saturated rings. The molecule has 1 unspecified atom stereocenters. The Morgan fingerprint density at radius 1 is 1.26 bits per heavy atom. The predicted octanol–water partition coefficient (Wildman–Crippen LogP) is 2.89. The Labute approximate surface area is 114 Å². The summed E-state index contributed by atoms with van der Waals surface area (Å²) in [6, 6.07) is 0.119. The first kappa shape index (κ1) is 15.8. The van der Waals surface area contributed by atoms with Gasteiger partial charge in [-0.1, -0.05) is 0 Å². The molecule has 0 aromatic heterocycles. The molecule has 0 aromatic carbocycles. The molecule has 1 aliphatic rings. The van der Waals surface area contributed by atoms with Crippen LogP contribution in [0, 0.1) is 5.41 Å². The van der Waals surface area contributed by atoms with Crippen molar-refractivity contribution >= 4 is 12.1 Å². The third kappa shape index (κ3) is 4.40. The van der Waals surface area contributed by atoms with Gasteiger partial charge in [0.25, 0.3) is 0 Å². The topological polar surface area (TPSA) is 66.8 Å². The SMILES string of the molecule is CC(C)(C)OC(=O)N1CCC1CCC(C)(C)C(=O)O. The Balaban J connectivity index is 2.45. The summed E-state index contributed by atoms with van der Waals surface area (Å²) in [5.41, 5.74) is -1.23. The van der Waals surface area contributed by atoms with Crippen molar-refractivity contribution in [2.45, 2.75) is 65.5 Å². The number of amides is 1. The van der Waals surface area contributed by atoms with Crippen LogP contribution >= 0.6 is 0 Å². The number of ether oxygens (including phenoxy) is 1. The van der Waals surface area contributed by atoms with Gasteiger partial charge in [0.15, 0.2) is 0 Å². The van der Waals surface area contributed by atoms with Crippen molar-refractivity contribution in [2.75, 3.05) is 6.54 Å². The van der Waals surface area contributed by atoms with Gasteiger partial charge in [-0.2, -0.15) is 0 Å². The second-order valence-electron chi connectivity index (χ2n) is 6.84. The Bertz CT molecular complexity index is 357. The van der Waals surface area contributed by atoms with Crippen LogP contribution in [0.4, 0.5) is 4.79 Å². The standard InChI is InChI=1S/C14H25NO4/c1-13(2,3)19-12(18)15-9-7-10(15)6-8-14(4,5)11(16)17/h10H,6-9H2,1-5H3,(H,16,17). The molecule has 1 aliphatic heterocycles. The van der Waals surface area contributed by atoms with Crippen LogP contribution < -0.4 is 0 Å². The second kappa shape index (κ2) is 5.39. The smallest absolute Gasteiger partial charge is 0.410 e. The minimum absolute atomic E-state index is 0.119. The first-order valence-corrected chi connectivity index (χ1v) is 6.76. The van der Waals surface area contributed by atoms with Crippen LogP contribution in [0.15, 0.2) is 0 Å². The Morgan fingerprint density at radius 2 is 1.84 bits per heavy atom. The fourth-order valence-corrected chi connectivity index (χ4v) is 1.94. The monoisotopic (exact) mass is 271 g/mol. The van der Waals surface area contributed by atoms with E-state index in [2.05, 4.69) is 0 Å². The second-order valence-corrected chi connectivity index (χ2v) is 6.84. The van der Waals surface area contributed by atoms with E-state index in [1.807, 2.05) is 20.8 Å². The fourth-order valence-electron chi connectivity index (χ4n) is 1.94. The van der Waals surface area contributed by atoms with Crippen LogP contribution in [0.5, 0.6) is 0 Å². The van der Waals surface area contributed by atoms with Gasteiger partial charge in [0.2, 0.25) is 0 Å². The molecule has 1 rings (SSSR count). The minimum Gasteiger partial charge on any atom is -0.481 e. The number of carbonyl (C=O) groups excluding carboxylic acids is 1. The highest BCUT2D eigenvalue weighted by molar-refractivity contribution is 5.73. The minimum atomic E-state index is -0.796. The van der Waals surface area contributed by atoms with Gasteiger partial charge in [-0.3, -0.25) is 4.79 Å². The number of carboxylic acids is 1. The van der Waals surface area contributed by atoms with Crippen molar-refractivity contribution in [3.8, 4) is 0 Å². The van der Waals surface area contributed by atoms with Crippen LogP contribution in [0.2, 0.25) is 0 Å². The summed E-state index contributed by atoms with van der Waals surface area (Å²) < 4.78 is 5.32. The zero-order valence-corrected chi connectivity index (χ0v) is 12.5. The summed E-state index contributed by atoms with van der Waals surface area (Å²) in [6.07, 6.45) is 1.90. The Kier molecular flexibility index (Phi) is 4.48. The molecule has 0 saturated carbocycles. The van der Waals surface area contributed by atoms with Gasteiger partial charge < -0.3 is 14.7 Å². The van der Waals surface area contributed by atoms with Crippen molar-refractivity contribution < 1.29 is 19.4 Å². The summed E-state index contributed by atoms with van der Waals surface area (Å²) in [5, 5.41) is 9.07. The van der Waals surface area contributed by atoms with Gasteiger partial charge in [-0.15, -0.1) is 0 Å². The predicted molar refractivity (Wildman–Crippen MR) is 72.0 cm³/mol. The highest BCUT2D eigenvalue weighted by Crippen LogP contribution is 2.30. The lowest BCUT2D eigenvalue weighted by Crippen LogP contribution is -2.53. The van der Waals surface area contributed by atoms with E-state index < -0.39 is 17.0 Å². The quantitative estimate of drug-likeness (QED) is 0.853. The molecule has 0 aliphatic carbocycles. The highest BCUT2D eigenvalue weighted by Gasteiger charge is 2.37. The number of hydrogen-bond donors (Lipinski definition) is 1. The van der Waals surface area contributed by atoms with Crippen LogP contribution in [-0.4, -0.2) is 40.3 Å². The average molecular weight is 271 g/mol. The largest absolute Gasteiger partial charge is 0.481 e. The van der Waals surface area contributed by atoms with E-state index >= 15 is 0 Å². The maximum atomic E-state index is 11.9. The van der Waals surface area contributed by atoms with Gasteiger partial charge in [-0.25, -0.2) is 4.79 Å². The normalized spacial score (nSPS) is 19.8. The summed E-state index contributed by atoms with van der Waals surface area (Å²) in [6.45, 7) is 9.65. The van der Waals surface area contributed by atoms with Gasteiger partial charge in [-0.05, 0) is 53.9 Å². The summed E-state index contributed by atoms with van der Waals surface area (Å²) in [7, 11) is 0. The van der Waals surface area contributed by atoms with Crippen molar-refractivity contribution in [3.05, 3.63) is 0 Å². The van der Waals surface area contributed by atoms with Crippen molar-refractivity contribution in [2.24, 2.45) is 5.41 Å². The van der Waals surface area contributed by atoms with Crippen LogP contribution in [-0.2, 0) is 9.53 Å². The first-order chi connectivity index (χ1) is 8.53. The van der Waals surface area contributed by atoms with E-state index in [-0.39, 0.29) is 12.1 Å². The third-order valence-electron chi connectivity index (χ3n) is 3.45. The van der Waals surface area contributed by atoms with Crippen molar-refractivity contribution in [1.29, 1.82) is 0 Å². The maximum Gasteiger partial charge on any atom is 0.410 e. The number of carboxylic acid groups (broad SMARTS) is 1. The lowest BCUT2D eigenvalue weighted by molar-refractivity contribution is -0.147. The highest BCUT2D eigenvalue weighted by atomic mass is 16.6. The van der Waals surface area contributed by atoms with E-state index in [0.29, 0.717) is 19.4 Å². The number of hydrogen-bond acceptors (Lipinski definition) is 3. The van der Waals surface area contributed by atoms with Crippen LogP contribution in [0.3, 0.4) is 0 Å². The zero-order chi connectivity index (χ0) is 14.8. The Hall–Kier alpha value is -1.26. The molecule has 1 saturated heterocycles. The average Bonchev–Trinajstić information content (AvgIpc) is 2.11. The molecule has 0 spiro atoms. The van der Waals surface area contributed by atoms with E-state index in [1.54, 1.807) is 18.7 Å². The molecule has 1 amide bonds. The number of aliphatic carboxylic acids is 1. The van der Waals surface area contributed by atoms with Crippen molar-refractivity contribution in [1.82, 2.24) is 4.90 Å². The Morgan fingerprint density at radius 3 is 2.21 bits per heavy atom. The molecule has 5 heteroatoms. The number of carbonyl (C=O) groups is 2. The number of nitrogens with zero attached hydrogens (tertiary/aromatic N) is 1. The molecule has 110 valence electrons. The molecule has 1 atom stereocenters. The number of rotatable bonds is 4. The lowest BCUT2D eigenvalue weighted by Gasteiger charge is -2.42. The van der Waals surface area contributed by atoms with Crippen molar-refractivity contribution in [3.63, 3.8) is 0 Å². The molecule has 1 heterocycles. The lowest BCUT2D eigenvalue weighted by atomic mass is 9.84. The fraction of sp³-hybridized carbons (Fsp3) is 0.857. The number of likely N-dealkylation sites (tertiary alicyclic amines) is 1. The third-order valence-corrected chi connectivity index (χ3v) is 3.45. The van der Waals surface area contributed by atoms with Gasteiger partial charge in [0.05, 0.1) is 5.41 Å². The maximum absolute atomic E-state index is 11.9. The van der Waals surface area contributed by atoms with Crippen LogP contribution in [0.25, 0.3) is 0 Å². The van der Waals surface area contributed by atoms with E-state index in [1.165, 1.54) is 0 Å². The molecular formula is C14H25NO4. The zero-order valence-electron chi connectivity index (χ0n) is 12.5. The molecule has 5 nitrogen and oxygen atoms in total. The molecular weight excluding hydrogens is 246 g/mol. The summed E-state index contributed by atoms with van der Waals surface area (Å²) in [5.74, 6) is -0.796. The molecule has 0 bridgehead atoms. The summed E-state index contributed by atoms with van der Waals surface area (Å²) in [4.78, 5) is 24.6. The van der Waals surface area contributed by atoms with E-state index in [9.17, 15) is 9.59 Å². The van der Waals surface area contributed by atoms with Gasteiger partial charge >= 0.3 is 12.1 Å². The van der Waals surface area contributed by atoms with Gasteiger partial charge in [0.1, 0.15) is 5.60 Å². The van der Waals surface area contributed by atoms with E-state index in [4.69, 9.17) is 9.84 Å².